The second-order valence-electron chi connectivity index (χ2n) is 10.7. The Hall–Kier alpha value is -7.41. The number of rotatable bonds is 6. The summed E-state index contributed by atoms with van der Waals surface area (Å²) in [5.41, 5.74) is 8.66. The molecular weight excluding hydrogens is 594 g/mol. The highest BCUT2D eigenvalue weighted by molar-refractivity contribution is 5.76. The van der Waals surface area contributed by atoms with E-state index in [9.17, 15) is 10.5 Å². The van der Waals surface area contributed by atoms with Gasteiger partial charge in [0.2, 0.25) is 5.69 Å². The molecule has 0 unspecified atom stereocenters. The molecule has 0 radical (unpaired) electrons. The van der Waals surface area contributed by atoms with Crippen molar-refractivity contribution in [1.82, 2.24) is 29.9 Å². The van der Waals surface area contributed by atoms with Crippen molar-refractivity contribution in [3.05, 3.63) is 151 Å². The first-order valence-electron chi connectivity index (χ1n) is 14.7. The normalized spacial score (nSPS) is 10.4. The van der Waals surface area contributed by atoms with Gasteiger partial charge in [0.05, 0.1) is 17.7 Å². The first kappa shape index (κ1) is 29.3. The molecule has 0 atom stereocenters. The second kappa shape index (κ2) is 12.9. The summed E-state index contributed by atoms with van der Waals surface area (Å²) in [6.45, 7) is 7.39. The summed E-state index contributed by atoms with van der Waals surface area (Å²) < 4.78 is 0. The maximum Gasteiger partial charge on any atom is 0.205 e. The first-order chi connectivity index (χ1) is 23.6. The van der Waals surface area contributed by atoms with Gasteiger partial charge in [-0.15, -0.1) is 0 Å². The van der Waals surface area contributed by atoms with Crippen molar-refractivity contribution in [3.63, 3.8) is 0 Å². The third-order valence-electron chi connectivity index (χ3n) is 7.59. The Balaban J connectivity index is 1.38. The van der Waals surface area contributed by atoms with Crippen LogP contribution < -0.4 is 0 Å². The predicted molar refractivity (Wildman–Crippen MR) is 182 cm³/mol. The van der Waals surface area contributed by atoms with Crippen LogP contribution in [0.4, 0.5) is 5.69 Å². The van der Waals surface area contributed by atoms with Crippen molar-refractivity contribution in [3.8, 4) is 79.7 Å². The number of benzene rings is 3. The molecule has 0 spiro atoms. The van der Waals surface area contributed by atoms with E-state index >= 15 is 0 Å². The van der Waals surface area contributed by atoms with Crippen LogP contribution in [0.3, 0.4) is 0 Å². The fourth-order valence-electron chi connectivity index (χ4n) is 5.24. The van der Waals surface area contributed by atoms with E-state index < -0.39 is 0 Å². The van der Waals surface area contributed by atoms with Gasteiger partial charge < -0.3 is 0 Å². The third-order valence-corrected chi connectivity index (χ3v) is 7.59. The number of nitriles is 2. The van der Waals surface area contributed by atoms with Crippen LogP contribution in [0.5, 0.6) is 0 Å². The zero-order chi connectivity index (χ0) is 32.9. The molecule has 0 aliphatic rings. The predicted octanol–water partition coefficient (Wildman–Crippen LogP) is 8.35. The molecule has 0 bridgehead atoms. The number of hydrogen-bond acceptors (Lipinski definition) is 8. The zero-order valence-corrected chi connectivity index (χ0v) is 25.1. The largest absolute Gasteiger partial charge is 0.276 e. The molecule has 3 aromatic carbocycles. The number of pyridine rings is 3. The Morgan fingerprint density at radius 3 is 1.21 bits per heavy atom. The lowest BCUT2D eigenvalue weighted by Gasteiger charge is -2.11. The average molecular weight is 616 g/mol. The average Bonchev–Trinajstić information content (AvgIpc) is 3.18. The Bertz CT molecular complexity index is 2180. The lowest BCUT2D eigenvalue weighted by molar-refractivity contribution is 1.07. The Morgan fingerprint density at radius 2 is 0.812 bits per heavy atom. The molecule has 7 aromatic rings. The van der Waals surface area contributed by atoms with E-state index in [1.165, 1.54) is 18.6 Å². The van der Waals surface area contributed by atoms with Gasteiger partial charge in [-0.05, 0) is 58.7 Å². The molecule has 4 aromatic heterocycles. The molecule has 7 rings (SSSR count). The maximum atomic E-state index is 9.40. The van der Waals surface area contributed by atoms with Crippen LogP contribution in [0.1, 0.15) is 11.1 Å². The van der Waals surface area contributed by atoms with Crippen LogP contribution in [0, 0.1) is 29.2 Å². The van der Waals surface area contributed by atoms with E-state index in [0.29, 0.717) is 34.3 Å². The fraction of sp³-hybridized carbons (Fsp3) is 0. The molecule has 9 heteroatoms. The minimum atomic E-state index is 0.452. The monoisotopic (exact) mass is 615 g/mol. The van der Waals surface area contributed by atoms with Crippen LogP contribution in [0.25, 0.3) is 72.4 Å². The van der Waals surface area contributed by atoms with Crippen molar-refractivity contribution < 1.29 is 0 Å². The minimum Gasteiger partial charge on any atom is -0.276 e. The smallest absolute Gasteiger partial charge is 0.205 e. The highest BCUT2D eigenvalue weighted by atomic mass is 15.0. The summed E-state index contributed by atoms with van der Waals surface area (Å²) >= 11 is 0. The van der Waals surface area contributed by atoms with Gasteiger partial charge in [0.25, 0.3) is 0 Å². The highest BCUT2D eigenvalue weighted by Gasteiger charge is 2.15. The van der Waals surface area contributed by atoms with Crippen molar-refractivity contribution >= 4 is 5.69 Å². The lowest BCUT2D eigenvalue weighted by Crippen LogP contribution is -2.00. The molecule has 0 saturated heterocycles. The molecule has 4 heterocycles. The van der Waals surface area contributed by atoms with Gasteiger partial charge in [-0.25, -0.2) is 19.8 Å². The van der Waals surface area contributed by atoms with Crippen molar-refractivity contribution in [2.75, 3.05) is 0 Å². The summed E-state index contributed by atoms with van der Waals surface area (Å²) in [7, 11) is 0. The van der Waals surface area contributed by atoms with Crippen LogP contribution in [-0.2, 0) is 0 Å². The van der Waals surface area contributed by atoms with E-state index in [1.807, 2.05) is 72.8 Å². The van der Waals surface area contributed by atoms with Gasteiger partial charge in [0.1, 0.15) is 12.1 Å². The molecule has 0 aliphatic carbocycles. The van der Waals surface area contributed by atoms with Crippen molar-refractivity contribution in [1.29, 1.82) is 10.5 Å². The minimum absolute atomic E-state index is 0.452. The Kier molecular flexibility index (Phi) is 7.88. The summed E-state index contributed by atoms with van der Waals surface area (Å²) in [6, 6.07) is 33.0. The van der Waals surface area contributed by atoms with E-state index in [-0.39, 0.29) is 0 Å². The van der Waals surface area contributed by atoms with Crippen LogP contribution >= 0.6 is 0 Å². The van der Waals surface area contributed by atoms with E-state index in [4.69, 9.17) is 21.5 Å². The lowest BCUT2D eigenvalue weighted by atomic mass is 10.0. The molecule has 222 valence electrons. The second-order valence-corrected chi connectivity index (χ2v) is 10.7. The van der Waals surface area contributed by atoms with E-state index in [1.54, 1.807) is 36.8 Å². The van der Waals surface area contributed by atoms with Crippen molar-refractivity contribution in [2.24, 2.45) is 0 Å². The zero-order valence-electron chi connectivity index (χ0n) is 25.1. The molecule has 0 saturated carbocycles. The molecular formula is C39H21N9. The Labute approximate surface area is 276 Å². The molecule has 48 heavy (non-hydrogen) atoms. The summed E-state index contributed by atoms with van der Waals surface area (Å²) in [4.78, 5) is 31.0. The number of nitrogens with zero attached hydrogens (tertiary/aromatic N) is 9. The molecule has 0 fully saturated rings. The summed E-state index contributed by atoms with van der Waals surface area (Å²) in [5, 5.41) is 18.8. The number of hydrogen-bond donors (Lipinski definition) is 0. The van der Waals surface area contributed by atoms with Gasteiger partial charge in [0, 0.05) is 65.0 Å². The topological polar surface area (TPSA) is 129 Å². The molecule has 0 aliphatic heterocycles. The SMILES string of the molecule is [C-]#[N+]c1cncc(-c2cccc(-c3nc(-c4cccc(-c5cncc(C#N)c5)c4)nc(-c4cccc(-c5cncc(C#N)c5)c4)n3)c2)c1. The van der Waals surface area contributed by atoms with Gasteiger partial charge in [-0.1, -0.05) is 54.6 Å². The van der Waals surface area contributed by atoms with Gasteiger partial charge in [0.15, 0.2) is 17.5 Å². The van der Waals surface area contributed by atoms with Gasteiger partial charge in [-0.2, -0.15) is 10.5 Å². The van der Waals surface area contributed by atoms with E-state index in [0.717, 1.165) is 50.1 Å². The quantitative estimate of drug-likeness (QED) is 0.171. The molecule has 0 N–H and O–H groups in total. The fourth-order valence-corrected chi connectivity index (χ4v) is 5.24. The van der Waals surface area contributed by atoms with Crippen LogP contribution in [0.15, 0.2) is 128 Å². The van der Waals surface area contributed by atoms with Gasteiger partial charge >= 0.3 is 0 Å². The van der Waals surface area contributed by atoms with Crippen molar-refractivity contribution in [2.45, 2.75) is 0 Å². The van der Waals surface area contributed by atoms with Crippen LogP contribution in [0.2, 0.25) is 0 Å². The first-order valence-corrected chi connectivity index (χ1v) is 14.7. The maximum absolute atomic E-state index is 9.40. The highest BCUT2D eigenvalue weighted by Crippen LogP contribution is 2.32. The Morgan fingerprint density at radius 1 is 0.438 bits per heavy atom. The third kappa shape index (κ3) is 6.09. The van der Waals surface area contributed by atoms with Gasteiger partial charge in [-0.3, -0.25) is 15.0 Å². The molecule has 0 amide bonds. The number of aromatic nitrogens is 6. The standard InChI is InChI=1S/C39H21N9/c1-42-36-16-35(23-45-24-36)29-7-4-10-32(15-29)39-47-37(30-8-2-5-27(13-30)33-11-25(17-40)19-43-21-33)46-38(48-39)31-9-3-6-28(14-31)34-12-26(18-41)20-44-22-34/h2-16,19-24H. The molecule has 9 nitrogen and oxygen atoms in total. The summed E-state index contributed by atoms with van der Waals surface area (Å²) in [6.07, 6.45) is 9.75. The van der Waals surface area contributed by atoms with E-state index in [2.05, 4.69) is 31.9 Å². The van der Waals surface area contributed by atoms with Crippen LogP contribution in [-0.4, -0.2) is 29.9 Å². The summed E-state index contributed by atoms with van der Waals surface area (Å²) in [5.74, 6) is 1.38.